The molecule has 1 amide bonds. The van der Waals surface area contributed by atoms with Gasteiger partial charge in [-0.2, -0.15) is 0 Å². The fourth-order valence-electron chi connectivity index (χ4n) is 1.36. The van der Waals surface area contributed by atoms with Gasteiger partial charge in [0.2, 0.25) is 5.91 Å². The number of aryl methyl sites for hydroxylation is 1. The highest BCUT2D eigenvalue weighted by molar-refractivity contribution is 6.33. The number of carbonyl (C=O) groups is 1. The summed E-state index contributed by atoms with van der Waals surface area (Å²) in [4.78, 5) is 11.1. The lowest BCUT2D eigenvalue weighted by Gasteiger charge is -2.17. The Balaban J connectivity index is 2.92. The summed E-state index contributed by atoms with van der Waals surface area (Å²) in [7, 11) is 0. The fourth-order valence-corrected chi connectivity index (χ4v) is 1.64. The second kappa shape index (κ2) is 5.03. The maximum atomic E-state index is 11.1. The van der Waals surface area contributed by atoms with Crippen molar-refractivity contribution in [3.63, 3.8) is 0 Å². The van der Waals surface area contributed by atoms with Crippen LogP contribution in [-0.4, -0.2) is 11.9 Å². The summed E-state index contributed by atoms with van der Waals surface area (Å²) in [6.07, 6.45) is 0.639. The van der Waals surface area contributed by atoms with Crippen LogP contribution in [0.5, 0.6) is 0 Å². The summed E-state index contributed by atoms with van der Waals surface area (Å²) in [5.74, 6) is -0.364. The average molecular weight is 227 g/mol. The lowest BCUT2D eigenvalue weighted by molar-refractivity contribution is -0.118. The van der Waals surface area contributed by atoms with Gasteiger partial charge in [0.05, 0.1) is 10.7 Å². The molecule has 0 bridgehead atoms. The topological polar surface area (TPSA) is 55.1 Å². The Morgan fingerprint density at radius 2 is 2.27 bits per heavy atom. The maximum absolute atomic E-state index is 11.1. The van der Waals surface area contributed by atoms with Crippen LogP contribution in [0.15, 0.2) is 18.2 Å². The van der Waals surface area contributed by atoms with Crippen LogP contribution in [0.2, 0.25) is 5.02 Å². The number of para-hydroxylation sites is 1. The van der Waals surface area contributed by atoms with Crippen LogP contribution in [0, 0.1) is 6.92 Å². The van der Waals surface area contributed by atoms with Crippen LogP contribution in [0.4, 0.5) is 5.69 Å². The number of halogens is 1. The molecule has 0 radical (unpaired) electrons. The first-order chi connectivity index (χ1) is 7.06. The van der Waals surface area contributed by atoms with Crippen LogP contribution in [-0.2, 0) is 4.79 Å². The predicted octanol–water partition coefficient (Wildman–Crippen LogP) is 2.32. The summed E-state index contributed by atoms with van der Waals surface area (Å²) in [5.41, 5.74) is 7.03. The van der Waals surface area contributed by atoms with E-state index in [1.54, 1.807) is 6.07 Å². The van der Waals surface area contributed by atoms with E-state index in [2.05, 4.69) is 5.32 Å². The van der Waals surface area contributed by atoms with E-state index in [9.17, 15) is 4.79 Å². The number of rotatable bonds is 4. The van der Waals surface area contributed by atoms with Crippen molar-refractivity contribution < 1.29 is 4.79 Å². The standard InChI is InChI=1S/C11H15ClN2O/c1-3-9(11(13)15)14-10-7(2)5-4-6-8(10)12/h4-6,9,14H,3H2,1-2H3,(H2,13,15). The van der Waals surface area contributed by atoms with Gasteiger partial charge in [-0.1, -0.05) is 30.7 Å². The molecule has 1 atom stereocenters. The van der Waals surface area contributed by atoms with Crippen LogP contribution >= 0.6 is 11.6 Å². The number of carbonyl (C=O) groups excluding carboxylic acids is 1. The average Bonchev–Trinajstić information content (AvgIpc) is 2.17. The van der Waals surface area contributed by atoms with E-state index in [4.69, 9.17) is 17.3 Å². The summed E-state index contributed by atoms with van der Waals surface area (Å²) < 4.78 is 0. The lowest BCUT2D eigenvalue weighted by Crippen LogP contribution is -2.35. The van der Waals surface area contributed by atoms with Crippen molar-refractivity contribution in [1.82, 2.24) is 0 Å². The van der Waals surface area contributed by atoms with Crippen molar-refractivity contribution in [3.05, 3.63) is 28.8 Å². The molecule has 1 rings (SSSR count). The minimum Gasteiger partial charge on any atom is -0.372 e. The minimum absolute atomic E-state index is 0.364. The van der Waals surface area contributed by atoms with Crippen LogP contribution < -0.4 is 11.1 Å². The molecule has 0 heterocycles. The molecule has 0 fully saturated rings. The highest BCUT2D eigenvalue weighted by atomic mass is 35.5. The second-order valence-corrected chi connectivity index (χ2v) is 3.85. The third kappa shape index (κ3) is 2.86. The number of nitrogens with one attached hydrogen (secondary N) is 1. The van der Waals surface area contributed by atoms with E-state index < -0.39 is 0 Å². The van der Waals surface area contributed by atoms with Crippen molar-refractivity contribution in [3.8, 4) is 0 Å². The van der Waals surface area contributed by atoms with Crippen LogP contribution in [0.3, 0.4) is 0 Å². The number of anilines is 1. The summed E-state index contributed by atoms with van der Waals surface area (Å²) in [5, 5.41) is 3.66. The number of hydrogen-bond donors (Lipinski definition) is 2. The third-order valence-corrected chi connectivity index (χ3v) is 2.61. The Kier molecular flexibility index (Phi) is 3.97. The highest BCUT2D eigenvalue weighted by Gasteiger charge is 2.14. The second-order valence-electron chi connectivity index (χ2n) is 3.44. The minimum atomic E-state index is -0.372. The van der Waals surface area contributed by atoms with Gasteiger partial charge in [-0.25, -0.2) is 0 Å². The summed E-state index contributed by atoms with van der Waals surface area (Å²) >= 11 is 6.02. The lowest BCUT2D eigenvalue weighted by atomic mass is 10.1. The summed E-state index contributed by atoms with van der Waals surface area (Å²) in [6, 6.07) is 5.21. The van der Waals surface area contributed by atoms with E-state index in [-0.39, 0.29) is 11.9 Å². The van der Waals surface area contributed by atoms with Gasteiger partial charge < -0.3 is 11.1 Å². The van der Waals surface area contributed by atoms with Crippen molar-refractivity contribution in [1.29, 1.82) is 0 Å². The zero-order valence-corrected chi connectivity index (χ0v) is 9.64. The molecule has 15 heavy (non-hydrogen) atoms. The van der Waals surface area contributed by atoms with Crippen molar-refractivity contribution in [2.24, 2.45) is 5.73 Å². The monoisotopic (exact) mass is 226 g/mol. The molecule has 1 aromatic rings. The molecule has 0 saturated heterocycles. The van der Waals surface area contributed by atoms with Gasteiger partial charge in [-0.05, 0) is 25.0 Å². The van der Waals surface area contributed by atoms with Gasteiger partial charge in [0.15, 0.2) is 0 Å². The first-order valence-corrected chi connectivity index (χ1v) is 5.25. The number of nitrogens with two attached hydrogens (primary N) is 1. The van der Waals surface area contributed by atoms with E-state index in [0.717, 1.165) is 11.3 Å². The molecular weight excluding hydrogens is 212 g/mol. The molecule has 0 aromatic heterocycles. The molecular formula is C11H15ClN2O. The zero-order valence-electron chi connectivity index (χ0n) is 8.88. The summed E-state index contributed by atoms with van der Waals surface area (Å²) in [6.45, 7) is 3.83. The van der Waals surface area contributed by atoms with Gasteiger partial charge in [-0.3, -0.25) is 4.79 Å². The molecule has 3 N–H and O–H groups in total. The molecule has 0 saturated carbocycles. The van der Waals surface area contributed by atoms with Gasteiger partial charge >= 0.3 is 0 Å². The van der Waals surface area contributed by atoms with Crippen LogP contribution in [0.25, 0.3) is 0 Å². The smallest absolute Gasteiger partial charge is 0.239 e. The molecule has 82 valence electrons. The first-order valence-electron chi connectivity index (χ1n) is 4.87. The SMILES string of the molecule is CCC(Nc1c(C)cccc1Cl)C(N)=O. The molecule has 4 heteroatoms. The van der Waals surface area contributed by atoms with Gasteiger partial charge in [0.1, 0.15) is 6.04 Å². The Bertz CT molecular complexity index is 345. The van der Waals surface area contributed by atoms with Crippen molar-refractivity contribution >= 4 is 23.2 Å². The maximum Gasteiger partial charge on any atom is 0.239 e. The molecule has 0 aliphatic carbocycles. The molecule has 1 aromatic carbocycles. The molecule has 3 nitrogen and oxygen atoms in total. The molecule has 0 aliphatic rings. The number of amides is 1. The molecule has 0 aliphatic heterocycles. The number of benzene rings is 1. The Morgan fingerprint density at radius 3 is 2.73 bits per heavy atom. The first kappa shape index (κ1) is 11.9. The van der Waals surface area contributed by atoms with Crippen molar-refractivity contribution in [2.75, 3.05) is 5.32 Å². The van der Waals surface area contributed by atoms with E-state index in [1.807, 2.05) is 26.0 Å². The Labute approximate surface area is 94.6 Å². The molecule has 1 unspecified atom stereocenters. The van der Waals surface area contributed by atoms with Crippen LogP contribution in [0.1, 0.15) is 18.9 Å². The predicted molar refractivity (Wildman–Crippen MR) is 63.1 cm³/mol. The zero-order chi connectivity index (χ0) is 11.4. The van der Waals surface area contributed by atoms with Gasteiger partial charge in [0, 0.05) is 0 Å². The van der Waals surface area contributed by atoms with E-state index in [0.29, 0.717) is 11.4 Å². The molecule has 0 spiro atoms. The largest absolute Gasteiger partial charge is 0.372 e. The highest BCUT2D eigenvalue weighted by Crippen LogP contribution is 2.26. The van der Waals surface area contributed by atoms with Crippen molar-refractivity contribution in [2.45, 2.75) is 26.3 Å². The van der Waals surface area contributed by atoms with Gasteiger partial charge in [-0.15, -0.1) is 0 Å². The third-order valence-electron chi connectivity index (χ3n) is 2.29. The quantitative estimate of drug-likeness (QED) is 0.828. The van der Waals surface area contributed by atoms with E-state index in [1.165, 1.54) is 0 Å². The van der Waals surface area contributed by atoms with Gasteiger partial charge in [0.25, 0.3) is 0 Å². The van der Waals surface area contributed by atoms with E-state index >= 15 is 0 Å². The number of primary amides is 1. The fraction of sp³-hybridized carbons (Fsp3) is 0.364. The normalized spacial score (nSPS) is 12.2. The Hall–Kier alpha value is -1.22. The number of hydrogen-bond acceptors (Lipinski definition) is 2. The Morgan fingerprint density at radius 1 is 1.60 bits per heavy atom.